The molecule has 0 saturated heterocycles. The van der Waals surface area contributed by atoms with E-state index >= 15 is 0 Å². The summed E-state index contributed by atoms with van der Waals surface area (Å²) in [5.74, 6) is -1.60. The van der Waals surface area contributed by atoms with Gasteiger partial charge in [0.05, 0.1) is 12.5 Å². The Morgan fingerprint density at radius 1 is 1.43 bits per heavy atom. The summed E-state index contributed by atoms with van der Waals surface area (Å²) in [5.41, 5.74) is 0. The third-order valence-corrected chi connectivity index (χ3v) is 2.99. The molecule has 6 heteroatoms. The van der Waals surface area contributed by atoms with Crippen LogP contribution in [0.3, 0.4) is 0 Å². The van der Waals surface area contributed by atoms with Crippen molar-refractivity contribution in [1.82, 2.24) is 4.90 Å². The number of ether oxygens (including phenoxy) is 1. The predicted molar refractivity (Wildman–Crippen MR) is 75.6 cm³/mol. The summed E-state index contributed by atoms with van der Waals surface area (Å²) in [5, 5.41) is 8.79. The second-order valence-corrected chi connectivity index (χ2v) is 4.92. The fourth-order valence-corrected chi connectivity index (χ4v) is 1.75. The zero-order valence-corrected chi connectivity index (χ0v) is 12.2. The van der Waals surface area contributed by atoms with E-state index in [1.54, 1.807) is 26.1 Å². The summed E-state index contributed by atoms with van der Waals surface area (Å²) < 4.78 is 18.2. The Balaban J connectivity index is 2.25. The topological polar surface area (TPSA) is 66.8 Å². The van der Waals surface area contributed by atoms with Gasteiger partial charge >= 0.3 is 5.97 Å². The van der Waals surface area contributed by atoms with Crippen LogP contribution >= 0.6 is 0 Å². The normalized spacial score (nSPS) is 11.8. The molecule has 1 aromatic carbocycles. The van der Waals surface area contributed by atoms with Gasteiger partial charge in [0, 0.05) is 26.1 Å². The Morgan fingerprint density at radius 3 is 2.76 bits per heavy atom. The number of nitrogens with zero attached hydrogens (tertiary/aromatic N) is 1. The molecule has 1 N–H and O–H groups in total. The predicted octanol–water partition coefficient (Wildman–Crippen LogP) is 2.16. The molecule has 0 bridgehead atoms. The average molecular weight is 297 g/mol. The van der Waals surface area contributed by atoms with Gasteiger partial charge in [0.15, 0.2) is 0 Å². The largest absolute Gasteiger partial charge is 0.493 e. The minimum atomic E-state index is -0.927. The van der Waals surface area contributed by atoms with Gasteiger partial charge in [-0.3, -0.25) is 9.59 Å². The summed E-state index contributed by atoms with van der Waals surface area (Å²) in [6.07, 6.45) is 0.749. The van der Waals surface area contributed by atoms with E-state index in [0.29, 0.717) is 18.8 Å². The van der Waals surface area contributed by atoms with Crippen molar-refractivity contribution in [1.29, 1.82) is 0 Å². The average Bonchev–Trinajstić information content (AvgIpc) is 2.43. The molecule has 1 amide bonds. The third kappa shape index (κ3) is 6.25. The van der Waals surface area contributed by atoms with Crippen molar-refractivity contribution in [2.24, 2.45) is 5.92 Å². The highest BCUT2D eigenvalue weighted by Crippen LogP contribution is 2.12. The maximum absolute atomic E-state index is 12.9. The zero-order chi connectivity index (χ0) is 15.8. The Kier molecular flexibility index (Phi) is 6.65. The number of aliphatic carboxylic acids is 1. The Labute approximate surface area is 123 Å². The number of carbonyl (C=O) groups excluding carboxylic acids is 1. The molecule has 0 aliphatic carbocycles. The molecule has 1 rings (SSSR count). The van der Waals surface area contributed by atoms with E-state index in [9.17, 15) is 14.0 Å². The number of rotatable bonds is 8. The molecule has 0 aliphatic heterocycles. The molecule has 0 aliphatic rings. The van der Waals surface area contributed by atoms with Crippen molar-refractivity contribution < 1.29 is 23.8 Å². The Morgan fingerprint density at radius 2 is 2.14 bits per heavy atom. The summed E-state index contributed by atoms with van der Waals surface area (Å²) in [6, 6.07) is 5.81. The molecule has 5 nitrogen and oxygen atoms in total. The van der Waals surface area contributed by atoms with E-state index in [2.05, 4.69) is 0 Å². The number of amides is 1. The van der Waals surface area contributed by atoms with Gasteiger partial charge in [0.2, 0.25) is 5.91 Å². The van der Waals surface area contributed by atoms with Gasteiger partial charge in [-0.15, -0.1) is 0 Å². The van der Waals surface area contributed by atoms with Crippen molar-refractivity contribution in [2.75, 3.05) is 20.2 Å². The van der Waals surface area contributed by atoms with Gasteiger partial charge in [-0.1, -0.05) is 13.0 Å². The summed E-state index contributed by atoms with van der Waals surface area (Å²) in [4.78, 5) is 23.9. The molecule has 0 fully saturated rings. The molecular weight excluding hydrogens is 277 g/mol. The van der Waals surface area contributed by atoms with Crippen molar-refractivity contribution in [3.8, 4) is 5.75 Å². The maximum Gasteiger partial charge on any atom is 0.308 e. The number of carbonyl (C=O) groups is 2. The SMILES string of the molecule is C[C@@H](CN(C)C(=O)CCCOc1cccc(F)c1)C(=O)O. The first-order chi connectivity index (χ1) is 9.90. The molecule has 0 aromatic heterocycles. The standard InChI is InChI=1S/C15H20FNO4/c1-11(15(19)20)10-17(2)14(18)7-4-8-21-13-6-3-5-12(16)9-13/h3,5-6,9,11H,4,7-8,10H2,1-2H3,(H,19,20)/t11-/m0/s1. The first-order valence-electron chi connectivity index (χ1n) is 6.75. The second kappa shape index (κ2) is 8.24. The first kappa shape index (κ1) is 16.9. The fourth-order valence-electron chi connectivity index (χ4n) is 1.75. The van der Waals surface area contributed by atoms with Gasteiger partial charge in [-0.2, -0.15) is 0 Å². The number of benzene rings is 1. The Bertz CT molecular complexity index is 492. The molecular formula is C15H20FNO4. The molecule has 1 aromatic rings. The highest BCUT2D eigenvalue weighted by molar-refractivity contribution is 5.77. The van der Waals surface area contributed by atoms with Gasteiger partial charge in [0.1, 0.15) is 11.6 Å². The second-order valence-electron chi connectivity index (χ2n) is 4.92. The Hall–Kier alpha value is -2.11. The van der Waals surface area contributed by atoms with Crippen molar-refractivity contribution in [2.45, 2.75) is 19.8 Å². The van der Waals surface area contributed by atoms with E-state index in [0.717, 1.165) is 0 Å². The van der Waals surface area contributed by atoms with Crippen molar-refractivity contribution in [3.05, 3.63) is 30.1 Å². The molecule has 21 heavy (non-hydrogen) atoms. The lowest BCUT2D eigenvalue weighted by Crippen LogP contribution is -2.33. The van der Waals surface area contributed by atoms with E-state index in [-0.39, 0.29) is 24.7 Å². The van der Waals surface area contributed by atoms with Crippen LogP contribution in [0.5, 0.6) is 5.75 Å². The van der Waals surface area contributed by atoms with E-state index in [1.165, 1.54) is 17.0 Å². The molecule has 0 saturated carbocycles. The molecule has 1 atom stereocenters. The highest BCUT2D eigenvalue weighted by atomic mass is 19.1. The molecule has 116 valence electrons. The number of carboxylic acids is 1. The molecule has 0 unspecified atom stereocenters. The van der Waals surface area contributed by atoms with Crippen LogP contribution in [0.1, 0.15) is 19.8 Å². The summed E-state index contributed by atoms with van der Waals surface area (Å²) in [7, 11) is 1.58. The number of hydrogen-bond donors (Lipinski definition) is 1. The first-order valence-corrected chi connectivity index (χ1v) is 6.75. The fraction of sp³-hybridized carbons (Fsp3) is 0.467. The molecule has 0 radical (unpaired) electrons. The van der Waals surface area contributed by atoms with Crippen molar-refractivity contribution >= 4 is 11.9 Å². The van der Waals surface area contributed by atoms with Crippen LogP contribution in [0.15, 0.2) is 24.3 Å². The van der Waals surface area contributed by atoms with Gasteiger partial charge in [0.25, 0.3) is 0 Å². The number of carboxylic acid groups (broad SMARTS) is 1. The maximum atomic E-state index is 12.9. The van der Waals surface area contributed by atoms with Gasteiger partial charge in [-0.05, 0) is 18.6 Å². The molecule has 0 spiro atoms. The lowest BCUT2D eigenvalue weighted by Gasteiger charge is -2.19. The lowest BCUT2D eigenvalue weighted by atomic mass is 10.1. The minimum Gasteiger partial charge on any atom is -0.493 e. The summed E-state index contributed by atoms with van der Waals surface area (Å²) >= 11 is 0. The van der Waals surface area contributed by atoms with Crippen LogP contribution in [-0.4, -0.2) is 42.1 Å². The van der Waals surface area contributed by atoms with E-state index in [4.69, 9.17) is 9.84 Å². The monoisotopic (exact) mass is 297 g/mol. The van der Waals surface area contributed by atoms with E-state index in [1.807, 2.05) is 0 Å². The quantitative estimate of drug-likeness (QED) is 0.747. The third-order valence-electron chi connectivity index (χ3n) is 2.99. The number of halogens is 1. The van der Waals surface area contributed by atoms with Gasteiger partial charge < -0.3 is 14.7 Å². The van der Waals surface area contributed by atoms with Crippen LogP contribution in [-0.2, 0) is 9.59 Å². The molecule has 0 heterocycles. The smallest absolute Gasteiger partial charge is 0.308 e. The van der Waals surface area contributed by atoms with Crippen molar-refractivity contribution in [3.63, 3.8) is 0 Å². The van der Waals surface area contributed by atoms with Crippen LogP contribution in [0.25, 0.3) is 0 Å². The summed E-state index contributed by atoms with van der Waals surface area (Å²) in [6.45, 7) is 2.04. The number of hydrogen-bond acceptors (Lipinski definition) is 3. The van der Waals surface area contributed by atoms with Gasteiger partial charge in [-0.25, -0.2) is 4.39 Å². The van der Waals surface area contributed by atoms with Crippen LogP contribution < -0.4 is 4.74 Å². The van der Waals surface area contributed by atoms with Crippen LogP contribution in [0.4, 0.5) is 4.39 Å². The zero-order valence-electron chi connectivity index (χ0n) is 12.2. The minimum absolute atomic E-state index is 0.133. The van der Waals surface area contributed by atoms with E-state index < -0.39 is 11.9 Å². The van der Waals surface area contributed by atoms with Crippen LogP contribution in [0, 0.1) is 11.7 Å². The highest BCUT2D eigenvalue weighted by Gasteiger charge is 2.16. The van der Waals surface area contributed by atoms with Crippen LogP contribution in [0.2, 0.25) is 0 Å². The lowest BCUT2D eigenvalue weighted by molar-refractivity contribution is -0.142.